The van der Waals surface area contributed by atoms with Crippen LogP contribution in [0.1, 0.15) is 54.4 Å². The summed E-state index contributed by atoms with van der Waals surface area (Å²) in [6.07, 6.45) is 1.17. The fourth-order valence-corrected chi connectivity index (χ4v) is 3.00. The number of carbonyl (C=O) groups is 1. The average Bonchev–Trinajstić information content (AvgIpc) is 2.23. The molecule has 1 rings (SSSR count). The third-order valence-corrected chi connectivity index (χ3v) is 3.62. The SMILES string of the molecule is CC(C)(C)OCC1CCCN(C(=O)O)C1C(C)(C)C. The van der Waals surface area contributed by atoms with Crippen LogP contribution in [0, 0.1) is 11.3 Å². The van der Waals surface area contributed by atoms with Gasteiger partial charge in [0.15, 0.2) is 0 Å². The van der Waals surface area contributed by atoms with Crippen molar-refractivity contribution >= 4 is 6.09 Å². The molecule has 0 radical (unpaired) electrons. The van der Waals surface area contributed by atoms with Gasteiger partial charge in [-0.25, -0.2) is 4.79 Å². The Labute approximate surface area is 117 Å². The molecule has 112 valence electrons. The quantitative estimate of drug-likeness (QED) is 0.834. The molecule has 0 aromatic heterocycles. The normalized spacial score (nSPS) is 25.5. The third kappa shape index (κ3) is 4.68. The molecule has 4 nitrogen and oxygen atoms in total. The van der Waals surface area contributed by atoms with Crippen LogP contribution in [0.15, 0.2) is 0 Å². The first-order valence-corrected chi connectivity index (χ1v) is 7.16. The molecule has 1 heterocycles. The molecule has 19 heavy (non-hydrogen) atoms. The number of hydrogen-bond donors (Lipinski definition) is 1. The van der Waals surface area contributed by atoms with Crippen molar-refractivity contribution in [2.24, 2.45) is 11.3 Å². The van der Waals surface area contributed by atoms with Crippen LogP contribution >= 0.6 is 0 Å². The zero-order valence-corrected chi connectivity index (χ0v) is 13.2. The Morgan fingerprint density at radius 1 is 1.26 bits per heavy atom. The highest BCUT2D eigenvalue weighted by Crippen LogP contribution is 2.36. The summed E-state index contributed by atoms with van der Waals surface area (Å²) >= 11 is 0. The van der Waals surface area contributed by atoms with Crippen LogP contribution in [-0.2, 0) is 4.74 Å². The Hall–Kier alpha value is -0.770. The van der Waals surface area contributed by atoms with Crippen molar-refractivity contribution in [2.45, 2.75) is 66.0 Å². The van der Waals surface area contributed by atoms with Crippen molar-refractivity contribution in [1.29, 1.82) is 0 Å². The molecule has 1 amide bonds. The van der Waals surface area contributed by atoms with E-state index in [1.165, 1.54) is 0 Å². The van der Waals surface area contributed by atoms with E-state index in [9.17, 15) is 9.90 Å². The van der Waals surface area contributed by atoms with Gasteiger partial charge in [0.25, 0.3) is 0 Å². The summed E-state index contributed by atoms with van der Waals surface area (Å²) in [6, 6.07) is 0.0288. The lowest BCUT2D eigenvalue weighted by atomic mass is 9.74. The maximum absolute atomic E-state index is 11.4. The molecule has 0 aromatic carbocycles. The molecule has 0 bridgehead atoms. The summed E-state index contributed by atoms with van der Waals surface area (Å²) in [6.45, 7) is 13.7. The Morgan fingerprint density at radius 3 is 2.26 bits per heavy atom. The molecule has 1 saturated heterocycles. The van der Waals surface area contributed by atoms with Gasteiger partial charge in [-0.3, -0.25) is 0 Å². The number of piperidine rings is 1. The van der Waals surface area contributed by atoms with Crippen molar-refractivity contribution < 1.29 is 14.6 Å². The van der Waals surface area contributed by atoms with E-state index in [1.807, 2.05) is 20.8 Å². The molecule has 2 atom stereocenters. The number of rotatable bonds is 2. The second-order valence-electron chi connectivity index (χ2n) is 7.61. The molecule has 4 heteroatoms. The maximum atomic E-state index is 11.4. The van der Waals surface area contributed by atoms with Gasteiger partial charge in [-0.2, -0.15) is 0 Å². The molecular weight excluding hydrogens is 242 g/mol. The van der Waals surface area contributed by atoms with Crippen LogP contribution in [0.3, 0.4) is 0 Å². The maximum Gasteiger partial charge on any atom is 0.407 e. The lowest BCUT2D eigenvalue weighted by molar-refractivity contribution is -0.0649. The molecule has 0 aromatic rings. The monoisotopic (exact) mass is 271 g/mol. The predicted molar refractivity (Wildman–Crippen MR) is 76.4 cm³/mol. The van der Waals surface area contributed by atoms with Crippen molar-refractivity contribution in [3.8, 4) is 0 Å². The molecule has 1 fully saturated rings. The van der Waals surface area contributed by atoms with Gasteiger partial charge in [0.2, 0.25) is 0 Å². The van der Waals surface area contributed by atoms with E-state index in [0.717, 1.165) is 12.8 Å². The van der Waals surface area contributed by atoms with Crippen LogP contribution in [0.5, 0.6) is 0 Å². The van der Waals surface area contributed by atoms with Crippen molar-refractivity contribution in [2.75, 3.05) is 13.2 Å². The lowest BCUT2D eigenvalue weighted by Gasteiger charge is -2.47. The smallest absolute Gasteiger partial charge is 0.407 e. The Bertz CT molecular complexity index is 314. The van der Waals surface area contributed by atoms with E-state index < -0.39 is 6.09 Å². The minimum Gasteiger partial charge on any atom is -0.465 e. The summed E-state index contributed by atoms with van der Waals surface area (Å²) in [4.78, 5) is 13.1. The first-order chi connectivity index (χ1) is 8.52. The van der Waals surface area contributed by atoms with Crippen molar-refractivity contribution in [1.82, 2.24) is 4.90 Å². The molecule has 0 aliphatic carbocycles. The largest absolute Gasteiger partial charge is 0.465 e. The number of likely N-dealkylation sites (tertiary alicyclic amines) is 1. The van der Waals surface area contributed by atoms with Gasteiger partial charge >= 0.3 is 6.09 Å². The first-order valence-electron chi connectivity index (χ1n) is 7.16. The summed E-state index contributed by atoms with van der Waals surface area (Å²) in [7, 11) is 0. The fourth-order valence-electron chi connectivity index (χ4n) is 3.00. The van der Waals surface area contributed by atoms with E-state index in [0.29, 0.717) is 13.2 Å². The van der Waals surface area contributed by atoms with E-state index >= 15 is 0 Å². The minimum atomic E-state index is -0.805. The molecular formula is C15H29NO3. The molecule has 1 aliphatic heterocycles. The molecule has 0 spiro atoms. The second kappa shape index (κ2) is 5.70. The van der Waals surface area contributed by atoms with Crippen LogP contribution in [0.25, 0.3) is 0 Å². The number of hydrogen-bond acceptors (Lipinski definition) is 2. The standard InChI is InChI=1S/C15H29NO3/c1-14(2,3)12-11(10-19-15(4,5)6)8-7-9-16(12)13(17)18/h11-12H,7-10H2,1-6H3,(H,17,18). The summed E-state index contributed by atoms with van der Waals surface area (Å²) in [5.74, 6) is 0.282. The van der Waals surface area contributed by atoms with Crippen LogP contribution in [0.2, 0.25) is 0 Å². The highest BCUT2D eigenvalue weighted by molar-refractivity contribution is 5.65. The molecule has 1 N–H and O–H groups in total. The van der Waals surface area contributed by atoms with Gasteiger partial charge < -0.3 is 14.7 Å². The number of ether oxygens (including phenoxy) is 1. The van der Waals surface area contributed by atoms with Crippen LogP contribution in [-0.4, -0.2) is 40.9 Å². The summed E-state index contributed by atoms with van der Waals surface area (Å²) in [5, 5.41) is 9.40. The van der Waals surface area contributed by atoms with E-state index in [2.05, 4.69) is 20.8 Å². The van der Waals surface area contributed by atoms with Gasteiger partial charge in [-0.05, 0) is 39.0 Å². The Morgan fingerprint density at radius 2 is 1.84 bits per heavy atom. The first kappa shape index (κ1) is 16.3. The predicted octanol–water partition coefficient (Wildman–Crippen LogP) is 3.61. The van der Waals surface area contributed by atoms with Crippen molar-refractivity contribution in [3.05, 3.63) is 0 Å². The van der Waals surface area contributed by atoms with E-state index in [4.69, 9.17) is 4.74 Å². The topological polar surface area (TPSA) is 49.8 Å². The minimum absolute atomic E-state index is 0.0288. The summed E-state index contributed by atoms with van der Waals surface area (Å²) in [5.41, 5.74) is -0.237. The molecule has 2 unspecified atom stereocenters. The average molecular weight is 271 g/mol. The molecule has 0 saturated carbocycles. The number of amides is 1. The summed E-state index contributed by atoms with van der Waals surface area (Å²) < 4.78 is 5.90. The van der Waals surface area contributed by atoms with Gasteiger partial charge in [0.1, 0.15) is 0 Å². The van der Waals surface area contributed by atoms with Crippen LogP contribution < -0.4 is 0 Å². The second-order valence-corrected chi connectivity index (χ2v) is 7.61. The molecule has 1 aliphatic rings. The van der Waals surface area contributed by atoms with Gasteiger partial charge in [0.05, 0.1) is 12.2 Å². The van der Waals surface area contributed by atoms with Gasteiger partial charge in [-0.15, -0.1) is 0 Å². The van der Waals surface area contributed by atoms with E-state index in [-0.39, 0.29) is 23.0 Å². The van der Waals surface area contributed by atoms with Gasteiger partial charge in [-0.1, -0.05) is 20.8 Å². The third-order valence-electron chi connectivity index (χ3n) is 3.62. The Kier molecular flexibility index (Phi) is 4.88. The lowest BCUT2D eigenvalue weighted by Crippen LogP contribution is -2.55. The van der Waals surface area contributed by atoms with E-state index in [1.54, 1.807) is 4.90 Å². The van der Waals surface area contributed by atoms with Crippen molar-refractivity contribution in [3.63, 3.8) is 0 Å². The van der Waals surface area contributed by atoms with Gasteiger partial charge in [0, 0.05) is 18.5 Å². The highest BCUT2D eigenvalue weighted by atomic mass is 16.5. The fraction of sp³-hybridized carbons (Fsp3) is 0.933. The highest BCUT2D eigenvalue weighted by Gasteiger charge is 2.41. The zero-order valence-electron chi connectivity index (χ0n) is 13.2. The van der Waals surface area contributed by atoms with Crippen LogP contribution in [0.4, 0.5) is 4.79 Å². The zero-order chi connectivity index (χ0) is 14.8. The number of nitrogens with zero attached hydrogens (tertiary/aromatic N) is 1. The Balaban J connectivity index is 2.84. The number of carboxylic acid groups (broad SMARTS) is 1.